The summed E-state index contributed by atoms with van der Waals surface area (Å²) in [6.07, 6.45) is -5.39. The van der Waals surface area contributed by atoms with E-state index in [0.29, 0.717) is 10.9 Å². The highest BCUT2D eigenvalue weighted by atomic mass is 16.7. The van der Waals surface area contributed by atoms with Crippen molar-refractivity contribution < 1.29 is 34.7 Å². The van der Waals surface area contributed by atoms with Crippen LogP contribution in [0.4, 0.5) is 0 Å². The second-order valence-corrected chi connectivity index (χ2v) is 5.71. The van der Waals surface area contributed by atoms with Gasteiger partial charge in [-0.3, -0.25) is 9.36 Å². The number of para-hydroxylation sites is 1. The molecule has 1 saturated heterocycles. The average molecular weight is 337 g/mol. The van der Waals surface area contributed by atoms with E-state index in [1.165, 1.54) is 17.7 Å². The molecule has 130 valence electrons. The Morgan fingerprint density at radius 1 is 1.21 bits per heavy atom. The molecule has 0 saturated carbocycles. The van der Waals surface area contributed by atoms with Crippen LogP contribution in [0.3, 0.4) is 0 Å². The molecule has 0 amide bonds. The number of carbonyl (C=O) groups is 1. The Labute approximate surface area is 137 Å². The van der Waals surface area contributed by atoms with Gasteiger partial charge in [-0.25, -0.2) is 0 Å². The van der Waals surface area contributed by atoms with Gasteiger partial charge in [0.15, 0.2) is 0 Å². The lowest BCUT2D eigenvalue weighted by atomic mass is 9.99. The van der Waals surface area contributed by atoms with Crippen LogP contribution in [0, 0.1) is 0 Å². The maximum absolute atomic E-state index is 11.7. The summed E-state index contributed by atoms with van der Waals surface area (Å²) in [5.74, 6) is 0.0694. The summed E-state index contributed by atoms with van der Waals surface area (Å²) in [6, 6.07) is 7.04. The number of fused-ring (bicyclic) bond motifs is 1. The zero-order chi connectivity index (χ0) is 17.4. The molecule has 1 aromatic carbocycles. The Hall–Kier alpha value is -1.97. The maximum Gasteiger partial charge on any atom is 0.229 e. The molecule has 2 heterocycles. The van der Waals surface area contributed by atoms with Crippen molar-refractivity contribution in [1.82, 2.24) is 4.57 Å². The van der Waals surface area contributed by atoms with E-state index in [1.807, 2.05) is 0 Å². The summed E-state index contributed by atoms with van der Waals surface area (Å²) in [7, 11) is 0. The van der Waals surface area contributed by atoms with Gasteiger partial charge >= 0.3 is 0 Å². The Morgan fingerprint density at radius 2 is 1.92 bits per heavy atom. The first-order valence-corrected chi connectivity index (χ1v) is 7.52. The highest BCUT2D eigenvalue weighted by Crippen LogP contribution is 2.31. The van der Waals surface area contributed by atoms with E-state index in [4.69, 9.17) is 9.47 Å². The summed E-state index contributed by atoms with van der Waals surface area (Å²) in [4.78, 5) is 11.7. The number of rotatable bonds is 3. The SMILES string of the molecule is CC(=O)n1cc(O[C@@H]2O[C@@H](CO)[C@@H](O)[C@@H](O)[C@H]2O)c2ccccc21. The second-order valence-electron chi connectivity index (χ2n) is 5.71. The Kier molecular flexibility index (Phi) is 4.57. The number of benzene rings is 1. The summed E-state index contributed by atoms with van der Waals surface area (Å²) in [6.45, 7) is 0.865. The van der Waals surface area contributed by atoms with Gasteiger partial charge in [-0.1, -0.05) is 12.1 Å². The van der Waals surface area contributed by atoms with Crippen LogP contribution in [0.2, 0.25) is 0 Å². The minimum atomic E-state index is -1.53. The first-order chi connectivity index (χ1) is 11.4. The van der Waals surface area contributed by atoms with E-state index < -0.39 is 37.3 Å². The van der Waals surface area contributed by atoms with Gasteiger partial charge in [-0.15, -0.1) is 0 Å². The van der Waals surface area contributed by atoms with Crippen LogP contribution in [-0.2, 0) is 4.74 Å². The summed E-state index contributed by atoms with van der Waals surface area (Å²) >= 11 is 0. The van der Waals surface area contributed by atoms with Crippen LogP contribution in [0.5, 0.6) is 5.75 Å². The number of aliphatic hydroxyl groups excluding tert-OH is 4. The standard InChI is InChI=1S/C16H19NO7/c1-8(19)17-6-11(9-4-2-3-5-10(9)17)23-16-15(22)14(21)13(20)12(7-18)24-16/h2-6,12-16,18,20-22H,7H2,1H3/t12-,13+,14+,15+,16+/m0/s1. The smallest absolute Gasteiger partial charge is 0.229 e. The fourth-order valence-corrected chi connectivity index (χ4v) is 2.79. The highest BCUT2D eigenvalue weighted by molar-refractivity contribution is 5.95. The molecule has 8 heteroatoms. The zero-order valence-electron chi connectivity index (χ0n) is 12.9. The Balaban J connectivity index is 1.93. The van der Waals surface area contributed by atoms with Gasteiger partial charge in [-0.2, -0.15) is 0 Å². The molecule has 5 atom stereocenters. The number of ether oxygens (including phenoxy) is 2. The van der Waals surface area contributed by atoms with E-state index in [1.54, 1.807) is 24.3 Å². The van der Waals surface area contributed by atoms with Gasteiger partial charge in [0.05, 0.1) is 18.3 Å². The van der Waals surface area contributed by atoms with Gasteiger partial charge in [0.1, 0.15) is 30.2 Å². The van der Waals surface area contributed by atoms with E-state index in [2.05, 4.69) is 0 Å². The third-order valence-electron chi connectivity index (χ3n) is 4.11. The van der Waals surface area contributed by atoms with Crippen molar-refractivity contribution in [3.8, 4) is 5.75 Å². The van der Waals surface area contributed by atoms with Crippen molar-refractivity contribution in [1.29, 1.82) is 0 Å². The molecule has 4 N–H and O–H groups in total. The predicted molar refractivity (Wildman–Crippen MR) is 82.6 cm³/mol. The number of hydrogen-bond donors (Lipinski definition) is 4. The zero-order valence-corrected chi connectivity index (χ0v) is 12.9. The van der Waals surface area contributed by atoms with Gasteiger partial charge in [0.2, 0.25) is 12.2 Å². The van der Waals surface area contributed by atoms with Crippen molar-refractivity contribution in [2.24, 2.45) is 0 Å². The predicted octanol–water partition coefficient (Wildman–Crippen LogP) is -0.520. The van der Waals surface area contributed by atoms with E-state index in [9.17, 15) is 25.2 Å². The monoisotopic (exact) mass is 337 g/mol. The fraction of sp³-hybridized carbons (Fsp3) is 0.438. The molecule has 1 aromatic heterocycles. The van der Waals surface area contributed by atoms with Gasteiger partial charge in [0.25, 0.3) is 0 Å². The van der Waals surface area contributed by atoms with E-state index in [-0.39, 0.29) is 11.7 Å². The summed E-state index contributed by atoms with van der Waals surface area (Å²) in [5, 5.41) is 39.5. The molecule has 0 bridgehead atoms. The largest absolute Gasteiger partial charge is 0.460 e. The summed E-state index contributed by atoms with van der Waals surface area (Å²) < 4.78 is 12.4. The van der Waals surface area contributed by atoms with E-state index >= 15 is 0 Å². The number of hydrogen-bond acceptors (Lipinski definition) is 7. The number of carbonyl (C=O) groups excluding carboxylic acids is 1. The van der Waals surface area contributed by atoms with Crippen LogP contribution in [0.25, 0.3) is 10.9 Å². The lowest BCUT2D eigenvalue weighted by Gasteiger charge is -2.39. The van der Waals surface area contributed by atoms with Crippen LogP contribution >= 0.6 is 0 Å². The first-order valence-electron chi connectivity index (χ1n) is 7.52. The molecule has 1 aliphatic heterocycles. The number of aliphatic hydroxyl groups is 4. The van der Waals surface area contributed by atoms with Crippen molar-refractivity contribution in [2.45, 2.75) is 37.6 Å². The van der Waals surface area contributed by atoms with Crippen LogP contribution in [0.15, 0.2) is 30.5 Å². The molecule has 8 nitrogen and oxygen atoms in total. The molecule has 0 spiro atoms. The number of aromatic nitrogens is 1. The Bertz CT molecular complexity index is 741. The van der Waals surface area contributed by atoms with Crippen molar-refractivity contribution >= 4 is 16.8 Å². The molecule has 2 aromatic rings. The normalized spacial score (nSPS) is 30.5. The second kappa shape index (κ2) is 6.50. The molecule has 1 fully saturated rings. The highest BCUT2D eigenvalue weighted by Gasteiger charge is 2.44. The van der Waals surface area contributed by atoms with E-state index in [0.717, 1.165) is 0 Å². The third-order valence-corrected chi connectivity index (χ3v) is 4.11. The third kappa shape index (κ3) is 2.79. The lowest BCUT2D eigenvalue weighted by Crippen LogP contribution is -2.60. The quantitative estimate of drug-likeness (QED) is 0.594. The fourth-order valence-electron chi connectivity index (χ4n) is 2.79. The first kappa shape index (κ1) is 16.9. The van der Waals surface area contributed by atoms with Gasteiger partial charge in [-0.05, 0) is 12.1 Å². The molecular weight excluding hydrogens is 318 g/mol. The van der Waals surface area contributed by atoms with Crippen molar-refractivity contribution in [3.63, 3.8) is 0 Å². The van der Waals surface area contributed by atoms with Crippen molar-refractivity contribution in [2.75, 3.05) is 6.61 Å². The molecule has 0 aliphatic carbocycles. The van der Waals surface area contributed by atoms with Crippen molar-refractivity contribution in [3.05, 3.63) is 30.5 Å². The Morgan fingerprint density at radius 3 is 2.58 bits per heavy atom. The molecule has 0 unspecified atom stereocenters. The summed E-state index contributed by atoms with van der Waals surface area (Å²) in [5.41, 5.74) is 0.629. The van der Waals surface area contributed by atoms with Gasteiger partial charge < -0.3 is 29.9 Å². The minimum absolute atomic E-state index is 0.213. The van der Waals surface area contributed by atoms with Crippen LogP contribution in [0.1, 0.15) is 11.7 Å². The lowest BCUT2D eigenvalue weighted by molar-refractivity contribution is -0.277. The average Bonchev–Trinajstić information content (AvgIpc) is 2.94. The van der Waals surface area contributed by atoms with Crippen LogP contribution < -0.4 is 4.74 Å². The number of nitrogens with zero attached hydrogens (tertiary/aromatic N) is 1. The maximum atomic E-state index is 11.7. The minimum Gasteiger partial charge on any atom is -0.460 e. The molecule has 1 aliphatic rings. The molecule has 3 rings (SSSR count). The molecule has 0 radical (unpaired) electrons. The molecular formula is C16H19NO7. The van der Waals surface area contributed by atoms with Crippen LogP contribution in [-0.4, -0.2) is 68.2 Å². The van der Waals surface area contributed by atoms with Gasteiger partial charge in [0, 0.05) is 12.3 Å². The molecule has 24 heavy (non-hydrogen) atoms. The topological polar surface area (TPSA) is 121 Å².